The van der Waals surface area contributed by atoms with Gasteiger partial charge < -0.3 is 10.1 Å². The van der Waals surface area contributed by atoms with Gasteiger partial charge in [0.05, 0.1) is 5.56 Å². The quantitative estimate of drug-likeness (QED) is 0.846. The Morgan fingerprint density at radius 3 is 2.63 bits per heavy atom. The van der Waals surface area contributed by atoms with Crippen molar-refractivity contribution < 1.29 is 19.1 Å². The molecule has 1 saturated heterocycles. The average Bonchev–Trinajstić information content (AvgIpc) is 3.22. The number of ether oxygens (including phenoxy) is 1. The lowest BCUT2D eigenvalue weighted by Gasteiger charge is -2.29. The number of hydrogen-bond acceptors (Lipinski definition) is 4. The molecule has 0 aliphatic carbocycles. The van der Waals surface area contributed by atoms with Crippen LogP contribution < -0.4 is 5.32 Å². The van der Waals surface area contributed by atoms with E-state index in [1.54, 1.807) is 24.3 Å². The van der Waals surface area contributed by atoms with Gasteiger partial charge in [-0.3, -0.25) is 14.5 Å². The molecule has 1 N–H and O–H groups in total. The lowest BCUT2D eigenvalue weighted by atomic mass is 10.1. The van der Waals surface area contributed by atoms with Crippen molar-refractivity contribution in [2.45, 2.75) is 38.5 Å². The topological polar surface area (TPSA) is 75.7 Å². The highest BCUT2D eigenvalue weighted by Gasteiger charge is 2.46. The Labute approximate surface area is 157 Å². The van der Waals surface area contributed by atoms with Crippen molar-refractivity contribution >= 4 is 23.5 Å². The maximum absolute atomic E-state index is 12.8. The molecule has 2 heterocycles. The van der Waals surface area contributed by atoms with Gasteiger partial charge in [-0.15, -0.1) is 0 Å². The Bertz CT molecular complexity index is 907. The summed E-state index contributed by atoms with van der Waals surface area (Å²) in [7, 11) is 0. The molecule has 0 radical (unpaired) electrons. The van der Waals surface area contributed by atoms with Crippen LogP contribution >= 0.6 is 0 Å². The first-order valence-corrected chi connectivity index (χ1v) is 9.09. The number of carbonyl (C=O) groups excluding carboxylic acids is 3. The number of rotatable bonds is 4. The minimum atomic E-state index is -0.845. The summed E-state index contributed by atoms with van der Waals surface area (Å²) in [6, 6.07) is 13.9. The van der Waals surface area contributed by atoms with Gasteiger partial charge in [0.1, 0.15) is 6.04 Å². The van der Waals surface area contributed by atoms with E-state index in [4.69, 9.17) is 4.74 Å². The van der Waals surface area contributed by atoms with Crippen LogP contribution in [0.5, 0.6) is 0 Å². The number of esters is 1. The van der Waals surface area contributed by atoms with Crippen molar-refractivity contribution in [2.75, 3.05) is 5.32 Å². The minimum Gasteiger partial charge on any atom is -0.433 e. The van der Waals surface area contributed by atoms with E-state index in [1.807, 2.05) is 24.3 Å². The number of anilines is 1. The van der Waals surface area contributed by atoms with E-state index in [0.717, 1.165) is 6.42 Å². The summed E-state index contributed by atoms with van der Waals surface area (Å²) in [5.74, 6) is -0.930. The number of nitrogens with zero attached hydrogens (tertiary/aromatic N) is 1. The number of fused-ring (bicyclic) bond motifs is 1. The van der Waals surface area contributed by atoms with Crippen LogP contribution in [0.4, 0.5) is 5.69 Å². The molecule has 1 fully saturated rings. The van der Waals surface area contributed by atoms with Crippen molar-refractivity contribution in [3.63, 3.8) is 0 Å². The van der Waals surface area contributed by atoms with Crippen LogP contribution in [0.3, 0.4) is 0 Å². The highest BCUT2D eigenvalue weighted by atomic mass is 16.6. The van der Waals surface area contributed by atoms with Gasteiger partial charge in [0.2, 0.25) is 18.0 Å². The number of hydrogen-bond donors (Lipinski definition) is 1. The van der Waals surface area contributed by atoms with E-state index >= 15 is 0 Å². The third-order valence-electron chi connectivity index (χ3n) is 5.11. The molecule has 2 atom stereocenters. The van der Waals surface area contributed by atoms with E-state index in [-0.39, 0.29) is 18.2 Å². The molecule has 2 aromatic carbocycles. The van der Waals surface area contributed by atoms with Gasteiger partial charge in [0.15, 0.2) is 0 Å². The molecule has 6 heteroatoms. The maximum Gasteiger partial charge on any atom is 0.340 e. The second-order valence-electron chi connectivity index (χ2n) is 6.74. The predicted molar refractivity (Wildman–Crippen MR) is 98.9 cm³/mol. The number of benzene rings is 2. The normalized spacial score (nSPS) is 21.1. The number of likely N-dealkylation sites (tertiary alicyclic amines) is 1. The van der Waals surface area contributed by atoms with Gasteiger partial charge in [-0.2, -0.15) is 0 Å². The predicted octanol–water partition coefficient (Wildman–Crippen LogP) is 3.05. The molecule has 2 aliphatic heterocycles. The Hall–Kier alpha value is -3.15. The summed E-state index contributed by atoms with van der Waals surface area (Å²) in [4.78, 5) is 38.8. The number of cyclic esters (lactones) is 1. The number of nitrogens with one attached hydrogen (secondary N) is 1. The first-order chi connectivity index (χ1) is 13.1. The fourth-order valence-corrected chi connectivity index (χ4v) is 3.64. The lowest BCUT2D eigenvalue weighted by molar-refractivity contribution is -0.144. The van der Waals surface area contributed by atoms with Crippen LogP contribution in [0.2, 0.25) is 0 Å². The molecule has 0 bridgehead atoms. The first kappa shape index (κ1) is 17.3. The van der Waals surface area contributed by atoms with Crippen LogP contribution in [0.1, 0.15) is 47.5 Å². The summed E-state index contributed by atoms with van der Waals surface area (Å²) in [6.45, 7) is 2.07. The van der Waals surface area contributed by atoms with E-state index in [2.05, 4.69) is 12.2 Å². The van der Waals surface area contributed by atoms with E-state index in [9.17, 15) is 14.4 Å². The Morgan fingerprint density at radius 2 is 1.89 bits per heavy atom. The molecule has 138 valence electrons. The molecule has 0 unspecified atom stereocenters. The van der Waals surface area contributed by atoms with Crippen LogP contribution in [-0.4, -0.2) is 28.7 Å². The highest BCUT2D eigenvalue weighted by molar-refractivity contribution is 6.00. The van der Waals surface area contributed by atoms with E-state index in [0.29, 0.717) is 23.2 Å². The van der Waals surface area contributed by atoms with E-state index in [1.165, 1.54) is 10.5 Å². The van der Waals surface area contributed by atoms with Crippen LogP contribution in [0, 0.1) is 0 Å². The van der Waals surface area contributed by atoms with Gasteiger partial charge in [-0.25, -0.2) is 4.79 Å². The second-order valence-corrected chi connectivity index (χ2v) is 6.74. The molecule has 6 nitrogen and oxygen atoms in total. The van der Waals surface area contributed by atoms with Gasteiger partial charge in [0, 0.05) is 17.7 Å². The molecule has 0 spiro atoms. The minimum absolute atomic E-state index is 0.189. The Balaban J connectivity index is 1.56. The summed E-state index contributed by atoms with van der Waals surface area (Å²) in [5.41, 5.74) is 2.93. The van der Waals surface area contributed by atoms with Crippen molar-refractivity contribution in [1.29, 1.82) is 0 Å². The standard InChI is InChI=1S/C21H20N2O4/c1-2-13-7-9-14(10-8-13)22-19(25)17-11-12-18(24)23(17)20-15-5-3-4-6-16(15)21(26)27-20/h3-10,17,20H,2,11-12H2,1H3,(H,22,25)/t17-,20+/m0/s1. The number of aryl methyl sites for hydroxylation is 1. The second kappa shape index (κ2) is 6.87. The van der Waals surface area contributed by atoms with Crippen molar-refractivity contribution in [3.8, 4) is 0 Å². The molecule has 27 heavy (non-hydrogen) atoms. The summed E-state index contributed by atoms with van der Waals surface area (Å²) >= 11 is 0. The first-order valence-electron chi connectivity index (χ1n) is 9.09. The van der Waals surface area contributed by atoms with Gasteiger partial charge in [-0.1, -0.05) is 37.3 Å². The zero-order valence-corrected chi connectivity index (χ0v) is 15.0. The highest BCUT2D eigenvalue weighted by Crippen LogP contribution is 2.38. The number of amides is 2. The largest absolute Gasteiger partial charge is 0.433 e. The smallest absolute Gasteiger partial charge is 0.340 e. The summed E-state index contributed by atoms with van der Waals surface area (Å²) < 4.78 is 5.43. The van der Waals surface area contributed by atoms with Crippen molar-refractivity contribution in [3.05, 3.63) is 65.2 Å². The third-order valence-corrected chi connectivity index (χ3v) is 5.11. The third kappa shape index (κ3) is 3.07. The Morgan fingerprint density at radius 1 is 1.15 bits per heavy atom. The maximum atomic E-state index is 12.8. The molecule has 0 aromatic heterocycles. The van der Waals surface area contributed by atoms with Crippen LogP contribution in [-0.2, 0) is 20.7 Å². The molecule has 2 aliphatic rings. The Kier molecular flexibility index (Phi) is 4.39. The zero-order chi connectivity index (χ0) is 19.0. The molecule has 2 aromatic rings. The zero-order valence-electron chi connectivity index (χ0n) is 15.0. The van der Waals surface area contributed by atoms with E-state index < -0.39 is 18.2 Å². The SMILES string of the molecule is CCc1ccc(NC(=O)[C@@H]2CCC(=O)N2[C@@H]2OC(=O)c3ccccc32)cc1. The van der Waals surface area contributed by atoms with Gasteiger partial charge >= 0.3 is 5.97 Å². The fraction of sp³-hybridized carbons (Fsp3) is 0.286. The summed E-state index contributed by atoms with van der Waals surface area (Å²) in [6.07, 6.45) is 0.727. The monoisotopic (exact) mass is 364 g/mol. The van der Waals surface area contributed by atoms with Crippen LogP contribution in [0.15, 0.2) is 48.5 Å². The number of carbonyl (C=O) groups is 3. The van der Waals surface area contributed by atoms with Crippen molar-refractivity contribution in [1.82, 2.24) is 4.90 Å². The van der Waals surface area contributed by atoms with Crippen molar-refractivity contribution in [2.24, 2.45) is 0 Å². The molecule has 4 rings (SSSR count). The molecular weight excluding hydrogens is 344 g/mol. The molecule has 2 amide bonds. The van der Waals surface area contributed by atoms with Gasteiger partial charge in [0.25, 0.3) is 0 Å². The fourth-order valence-electron chi connectivity index (χ4n) is 3.64. The van der Waals surface area contributed by atoms with Gasteiger partial charge in [-0.05, 0) is 36.6 Å². The average molecular weight is 364 g/mol. The van der Waals surface area contributed by atoms with Crippen LogP contribution in [0.25, 0.3) is 0 Å². The lowest BCUT2D eigenvalue weighted by Crippen LogP contribution is -2.43. The summed E-state index contributed by atoms with van der Waals surface area (Å²) in [5, 5.41) is 2.87. The molecular formula is C21H20N2O4. The molecule has 0 saturated carbocycles.